The Balaban J connectivity index is 6.54. The molecule has 0 aliphatic carbocycles. The molecule has 0 aliphatic rings. The SMILES string of the molecule is CCO[Si](OCC)(OCC)C(CC)(SS)[Si](OCC)(OCC)OCC. The van der Waals surface area contributed by atoms with E-state index in [-0.39, 0.29) is 0 Å². The average Bonchev–Trinajstić information content (AvgIpc) is 2.58. The number of hydrogen-bond donors (Lipinski definition) is 1. The summed E-state index contributed by atoms with van der Waals surface area (Å²) in [7, 11) is -5.16. The van der Waals surface area contributed by atoms with Crippen LogP contribution in [0.3, 0.4) is 0 Å². The van der Waals surface area contributed by atoms with E-state index in [2.05, 4.69) is 18.6 Å². The standard InChI is InChI=1S/C15H36O6S2Si2/c1-8-15(23-22,24(16-9-2,17-10-3)18-11-4)25(19-12-5,20-13-6)21-14-7/h22H,8-14H2,1-7H3. The molecule has 0 spiro atoms. The molecule has 0 N–H and O–H groups in total. The van der Waals surface area contributed by atoms with Crippen LogP contribution in [0.1, 0.15) is 54.9 Å². The first-order valence-corrected chi connectivity index (χ1v) is 14.5. The van der Waals surface area contributed by atoms with E-state index in [1.807, 2.05) is 41.5 Å². The monoisotopic (exact) mass is 432 g/mol. The van der Waals surface area contributed by atoms with E-state index in [1.54, 1.807) is 0 Å². The van der Waals surface area contributed by atoms with Gasteiger partial charge in [-0.15, -0.1) is 11.7 Å². The van der Waals surface area contributed by atoms with Crippen LogP contribution in [0, 0.1) is 0 Å². The average molecular weight is 433 g/mol. The molecule has 0 radical (unpaired) electrons. The van der Waals surface area contributed by atoms with Crippen LogP contribution < -0.4 is 0 Å². The van der Waals surface area contributed by atoms with Crippen molar-refractivity contribution in [3.63, 3.8) is 0 Å². The first kappa shape index (κ1) is 25.9. The predicted molar refractivity (Wildman–Crippen MR) is 111 cm³/mol. The smallest absolute Gasteiger partial charge is 0.373 e. The number of thiol groups is 1. The lowest BCUT2D eigenvalue weighted by Crippen LogP contribution is -2.78. The summed E-state index contributed by atoms with van der Waals surface area (Å²) < 4.78 is 36.6. The Morgan fingerprint density at radius 3 is 0.960 bits per heavy atom. The van der Waals surface area contributed by atoms with Crippen LogP contribution in [0.2, 0.25) is 0 Å². The summed E-state index contributed by atoms with van der Waals surface area (Å²) in [5.41, 5.74) is 0. The molecule has 0 saturated heterocycles. The Labute approximate surface area is 165 Å². The molecule has 0 amide bonds. The van der Waals surface area contributed by atoms with Gasteiger partial charge in [-0.1, -0.05) is 17.7 Å². The molecule has 0 heterocycles. The molecule has 0 bridgehead atoms. The molecule has 0 atom stereocenters. The molecule has 6 nitrogen and oxygen atoms in total. The molecule has 10 heteroatoms. The van der Waals surface area contributed by atoms with Gasteiger partial charge in [0.15, 0.2) is 3.99 Å². The Hall–Kier alpha value is 0.894. The fraction of sp³-hybridized carbons (Fsp3) is 1.00. The summed E-state index contributed by atoms with van der Waals surface area (Å²) in [6.45, 7) is 16.5. The minimum Gasteiger partial charge on any atom is -0.373 e. The van der Waals surface area contributed by atoms with E-state index in [0.29, 0.717) is 46.1 Å². The zero-order valence-electron chi connectivity index (χ0n) is 16.8. The summed E-state index contributed by atoms with van der Waals surface area (Å²) in [4.78, 5) is 0. The maximum absolute atomic E-state index is 6.22. The highest BCUT2D eigenvalue weighted by Crippen LogP contribution is 2.49. The highest BCUT2D eigenvalue weighted by atomic mass is 33.1. The Morgan fingerprint density at radius 1 is 0.600 bits per heavy atom. The molecular weight excluding hydrogens is 396 g/mol. The van der Waals surface area contributed by atoms with Gasteiger partial charge in [-0.05, 0) is 48.0 Å². The van der Waals surface area contributed by atoms with Gasteiger partial charge < -0.3 is 26.6 Å². The molecule has 0 aromatic heterocycles. The third-order valence-corrected chi connectivity index (χ3v) is 16.9. The van der Waals surface area contributed by atoms with Gasteiger partial charge in [-0.2, -0.15) is 0 Å². The van der Waals surface area contributed by atoms with Gasteiger partial charge in [0, 0.05) is 39.6 Å². The largest absolute Gasteiger partial charge is 0.523 e. The van der Waals surface area contributed by atoms with Gasteiger partial charge in [0.25, 0.3) is 0 Å². The van der Waals surface area contributed by atoms with Crippen molar-refractivity contribution in [2.24, 2.45) is 0 Å². The quantitative estimate of drug-likeness (QED) is 0.226. The van der Waals surface area contributed by atoms with Crippen LogP contribution in [0.25, 0.3) is 0 Å². The fourth-order valence-corrected chi connectivity index (χ4v) is 15.2. The van der Waals surface area contributed by atoms with Crippen LogP contribution in [-0.4, -0.2) is 61.2 Å². The summed E-state index contributed by atoms with van der Waals surface area (Å²) in [6.07, 6.45) is 0.639. The van der Waals surface area contributed by atoms with Crippen molar-refractivity contribution in [3.8, 4) is 0 Å². The Kier molecular flexibility index (Phi) is 13.6. The summed E-state index contributed by atoms with van der Waals surface area (Å²) in [5, 5.41) is 0. The lowest BCUT2D eigenvalue weighted by Gasteiger charge is -2.49. The number of rotatable bonds is 16. The van der Waals surface area contributed by atoms with E-state index >= 15 is 0 Å². The van der Waals surface area contributed by atoms with Gasteiger partial charge in [-0.25, -0.2) is 0 Å². The van der Waals surface area contributed by atoms with E-state index in [4.69, 9.17) is 26.6 Å². The van der Waals surface area contributed by atoms with Crippen LogP contribution >= 0.6 is 22.5 Å². The maximum atomic E-state index is 6.22. The summed E-state index contributed by atoms with van der Waals surface area (Å²) in [6, 6.07) is 0. The second-order valence-electron chi connectivity index (χ2n) is 4.98. The van der Waals surface area contributed by atoms with Crippen LogP contribution in [0.5, 0.6) is 0 Å². The van der Waals surface area contributed by atoms with E-state index in [0.717, 1.165) is 0 Å². The van der Waals surface area contributed by atoms with Gasteiger partial charge in [-0.3, -0.25) is 0 Å². The molecule has 0 unspecified atom stereocenters. The Bertz CT molecular complexity index is 286. The van der Waals surface area contributed by atoms with Crippen LogP contribution in [0.4, 0.5) is 0 Å². The van der Waals surface area contributed by atoms with E-state index in [1.165, 1.54) is 10.8 Å². The molecule has 0 fully saturated rings. The molecule has 25 heavy (non-hydrogen) atoms. The Morgan fingerprint density at radius 2 is 0.840 bits per heavy atom. The van der Waals surface area contributed by atoms with Crippen molar-refractivity contribution in [1.29, 1.82) is 0 Å². The molecule has 0 aromatic carbocycles. The molecule has 152 valence electrons. The fourth-order valence-electron chi connectivity index (χ4n) is 2.89. The maximum Gasteiger partial charge on any atom is 0.523 e. The van der Waals surface area contributed by atoms with Gasteiger partial charge >= 0.3 is 17.6 Å². The molecule has 0 rings (SSSR count). The van der Waals surface area contributed by atoms with Crippen molar-refractivity contribution < 1.29 is 26.6 Å². The summed E-state index contributed by atoms with van der Waals surface area (Å²) in [5.74, 6) is 0. The van der Waals surface area contributed by atoms with E-state index < -0.39 is 21.6 Å². The summed E-state index contributed by atoms with van der Waals surface area (Å²) >= 11 is 4.63. The van der Waals surface area contributed by atoms with Gasteiger partial charge in [0.2, 0.25) is 0 Å². The lowest BCUT2D eigenvalue weighted by molar-refractivity contribution is 0.0281. The first-order chi connectivity index (χ1) is 12.0. The van der Waals surface area contributed by atoms with Crippen molar-refractivity contribution >= 4 is 40.1 Å². The third kappa shape index (κ3) is 5.46. The van der Waals surface area contributed by atoms with Crippen molar-refractivity contribution in [2.75, 3.05) is 39.6 Å². The lowest BCUT2D eigenvalue weighted by atomic mass is 10.6. The molecular formula is C15H36O6S2Si2. The van der Waals surface area contributed by atoms with Gasteiger partial charge in [0.05, 0.1) is 0 Å². The number of hydrogen-bond acceptors (Lipinski definition) is 8. The highest BCUT2D eigenvalue weighted by Gasteiger charge is 2.77. The second-order valence-corrected chi connectivity index (χ2v) is 13.3. The topological polar surface area (TPSA) is 55.4 Å². The normalized spacial score (nSPS) is 13.4. The van der Waals surface area contributed by atoms with Gasteiger partial charge in [0.1, 0.15) is 0 Å². The predicted octanol–water partition coefficient (Wildman–Crippen LogP) is 3.89. The molecule has 0 aliphatic heterocycles. The first-order valence-electron chi connectivity index (χ1n) is 9.15. The van der Waals surface area contributed by atoms with Crippen molar-refractivity contribution in [3.05, 3.63) is 0 Å². The van der Waals surface area contributed by atoms with Crippen LogP contribution in [-0.2, 0) is 26.6 Å². The zero-order valence-corrected chi connectivity index (χ0v) is 20.5. The van der Waals surface area contributed by atoms with Crippen molar-refractivity contribution in [1.82, 2.24) is 0 Å². The second kappa shape index (κ2) is 13.1. The zero-order chi connectivity index (χ0) is 19.4. The van der Waals surface area contributed by atoms with Crippen LogP contribution in [0.15, 0.2) is 0 Å². The minimum absolute atomic E-state index is 0.469. The molecule has 0 saturated carbocycles. The third-order valence-electron chi connectivity index (χ3n) is 3.65. The van der Waals surface area contributed by atoms with E-state index in [9.17, 15) is 0 Å². The van der Waals surface area contributed by atoms with Crippen molar-refractivity contribution in [2.45, 2.75) is 58.9 Å². The molecule has 0 aromatic rings. The minimum atomic E-state index is -3.25. The highest BCUT2D eigenvalue weighted by molar-refractivity contribution is 8.70.